The van der Waals surface area contributed by atoms with Gasteiger partial charge in [0.1, 0.15) is 5.82 Å². The molecule has 0 fully saturated rings. The average Bonchev–Trinajstić information content (AvgIpc) is 2.25. The van der Waals surface area contributed by atoms with Crippen LogP contribution in [0.4, 0.5) is 5.82 Å². The van der Waals surface area contributed by atoms with E-state index in [0.717, 1.165) is 31.0 Å². The molecule has 1 aromatic heterocycles. The normalized spacial score (nSPS) is 10.7. The number of hydrogen-bond donors (Lipinski definition) is 2. The molecule has 0 spiro atoms. The van der Waals surface area contributed by atoms with Gasteiger partial charge in [-0.15, -0.1) is 5.10 Å². The smallest absolute Gasteiger partial charge is 0.148 e. The lowest BCUT2D eigenvalue weighted by atomic mass is 10.3. The molecule has 4 nitrogen and oxygen atoms in total. The van der Waals surface area contributed by atoms with Crippen molar-refractivity contribution in [2.24, 2.45) is 0 Å². The maximum Gasteiger partial charge on any atom is 0.148 e. The first-order valence-corrected chi connectivity index (χ1v) is 5.52. The van der Waals surface area contributed by atoms with Gasteiger partial charge >= 0.3 is 0 Å². The van der Waals surface area contributed by atoms with Crippen LogP contribution >= 0.6 is 0 Å². The Hall–Kier alpha value is -1.16. The van der Waals surface area contributed by atoms with Crippen LogP contribution in [-0.4, -0.2) is 22.8 Å². The maximum absolute atomic E-state index is 4.13. The van der Waals surface area contributed by atoms with Gasteiger partial charge < -0.3 is 10.6 Å². The largest absolute Gasteiger partial charge is 0.369 e. The lowest BCUT2D eigenvalue weighted by Crippen LogP contribution is -2.22. The number of aromatic nitrogens is 2. The molecule has 1 aromatic rings. The third-order valence-electron chi connectivity index (χ3n) is 1.97. The number of rotatable bonds is 6. The van der Waals surface area contributed by atoms with E-state index in [2.05, 4.69) is 41.6 Å². The molecule has 1 heterocycles. The van der Waals surface area contributed by atoms with Crippen molar-refractivity contribution in [3.05, 3.63) is 17.8 Å². The van der Waals surface area contributed by atoms with Gasteiger partial charge in [0.25, 0.3) is 0 Å². The summed E-state index contributed by atoms with van der Waals surface area (Å²) in [5, 5.41) is 14.7. The van der Waals surface area contributed by atoms with Crippen molar-refractivity contribution in [3.8, 4) is 0 Å². The SMILES string of the molecule is CCCNc1ccc(CNC(C)C)nn1. The summed E-state index contributed by atoms with van der Waals surface area (Å²) in [4.78, 5) is 0. The van der Waals surface area contributed by atoms with E-state index in [1.54, 1.807) is 0 Å². The highest BCUT2D eigenvalue weighted by atomic mass is 15.2. The summed E-state index contributed by atoms with van der Waals surface area (Å²) in [6, 6.07) is 4.45. The minimum absolute atomic E-state index is 0.477. The molecule has 0 atom stereocenters. The highest BCUT2D eigenvalue weighted by Crippen LogP contribution is 2.01. The highest BCUT2D eigenvalue weighted by Gasteiger charge is 1.98. The first kappa shape index (κ1) is 11.9. The molecule has 0 aliphatic rings. The fraction of sp³-hybridized carbons (Fsp3) is 0.636. The summed E-state index contributed by atoms with van der Waals surface area (Å²) >= 11 is 0. The second-order valence-electron chi connectivity index (χ2n) is 3.87. The summed E-state index contributed by atoms with van der Waals surface area (Å²) < 4.78 is 0. The zero-order valence-electron chi connectivity index (χ0n) is 9.75. The Kier molecular flexibility index (Phi) is 5.04. The predicted molar refractivity (Wildman–Crippen MR) is 62.8 cm³/mol. The van der Waals surface area contributed by atoms with Gasteiger partial charge in [0, 0.05) is 19.1 Å². The lowest BCUT2D eigenvalue weighted by molar-refractivity contribution is 0.577. The summed E-state index contributed by atoms with van der Waals surface area (Å²) in [6.45, 7) is 8.08. The van der Waals surface area contributed by atoms with E-state index in [-0.39, 0.29) is 0 Å². The third kappa shape index (κ3) is 4.74. The molecule has 0 saturated carbocycles. The van der Waals surface area contributed by atoms with Crippen LogP contribution in [-0.2, 0) is 6.54 Å². The van der Waals surface area contributed by atoms with E-state index in [0.29, 0.717) is 6.04 Å². The third-order valence-corrected chi connectivity index (χ3v) is 1.97. The van der Waals surface area contributed by atoms with Gasteiger partial charge in [-0.3, -0.25) is 0 Å². The van der Waals surface area contributed by atoms with Crippen molar-refractivity contribution in [3.63, 3.8) is 0 Å². The Bertz CT molecular complexity index is 268. The van der Waals surface area contributed by atoms with Gasteiger partial charge in [-0.25, -0.2) is 0 Å². The number of nitrogens with one attached hydrogen (secondary N) is 2. The minimum Gasteiger partial charge on any atom is -0.369 e. The van der Waals surface area contributed by atoms with Crippen molar-refractivity contribution >= 4 is 5.82 Å². The zero-order chi connectivity index (χ0) is 11.1. The van der Waals surface area contributed by atoms with E-state index in [9.17, 15) is 0 Å². The monoisotopic (exact) mass is 208 g/mol. The number of anilines is 1. The molecular weight excluding hydrogens is 188 g/mol. The quantitative estimate of drug-likeness (QED) is 0.748. The molecule has 0 amide bonds. The number of hydrogen-bond acceptors (Lipinski definition) is 4. The van der Waals surface area contributed by atoms with E-state index < -0.39 is 0 Å². The Morgan fingerprint density at radius 3 is 2.60 bits per heavy atom. The topological polar surface area (TPSA) is 49.8 Å². The Morgan fingerprint density at radius 1 is 1.27 bits per heavy atom. The molecule has 0 bridgehead atoms. The molecule has 1 rings (SSSR count). The first-order chi connectivity index (χ1) is 7.22. The van der Waals surface area contributed by atoms with E-state index in [1.165, 1.54) is 0 Å². The van der Waals surface area contributed by atoms with Crippen LogP contribution in [0, 0.1) is 0 Å². The van der Waals surface area contributed by atoms with E-state index in [1.807, 2.05) is 12.1 Å². The molecule has 0 unspecified atom stereocenters. The summed E-state index contributed by atoms with van der Waals surface area (Å²) in [6.07, 6.45) is 1.10. The fourth-order valence-electron chi connectivity index (χ4n) is 1.11. The fourth-order valence-corrected chi connectivity index (χ4v) is 1.11. The van der Waals surface area contributed by atoms with Crippen LogP contribution in [0.25, 0.3) is 0 Å². The molecule has 0 aromatic carbocycles. The molecule has 0 aliphatic heterocycles. The van der Waals surface area contributed by atoms with Crippen molar-refractivity contribution in [1.82, 2.24) is 15.5 Å². The van der Waals surface area contributed by atoms with Crippen molar-refractivity contribution < 1.29 is 0 Å². The van der Waals surface area contributed by atoms with Crippen molar-refractivity contribution in [2.75, 3.05) is 11.9 Å². The second-order valence-corrected chi connectivity index (χ2v) is 3.87. The molecule has 4 heteroatoms. The van der Waals surface area contributed by atoms with Crippen molar-refractivity contribution in [2.45, 2.75) is 39.8 Å². The second kappa shape index (κ2) is 6.35. The van der Waals surface area contributed by atoms with Crippen LogP contribution in [0.3, 0.4) is 0 Å². The van der Waals surface area contributed by atoms with Crippen LogP contribution in [0.2, 0.25) is 0 Å². The summed E-state index contributed by atoms with van der Waals surface area (Å²) in [5.41, 5.74) is 0.978. The van der Waals surface area contributed by atoms with E-state index >= 15 is 0 Å². The molecule has 15 heavy (non-hydrogen) atoms. The van der Waals surface area contributed by atoms with Gasteiger partial charge in [0.15, 0.2) is 0 Å². The van der Waals surface area contributed by atoms with Gasteiger partial charge in [0.2, 0.25) is 0 Å². The molecule has 0 aliphatic carbocycles. The summed E-state index contributed by atoms with van der Waals surface area (Å²) in [5.74, 6) is 0.852. The van der Waals surface area contributed by atoms with Gasteiger partial charge in [0.05, 0.1) is 5.69 Å². The van der Waals surface area contributed by atoms with Crippen LogP contribution in [0.1, 0.15) is 32.9 Å². The van der Waals surface area contributed by atoms with Crippen LogP contribution in [0.15, 0.2) is 12.1 Å². The molecular formula is C11H20N4. The Morgan fingerprint density at radius 2 is 2.07 bits per heavy atom. The Balaban J connectivity index is 2.41. The molecule has 84 valence electrons. The molecule has 2 N–H and O–H groups in total. The average molecular weight is 208 g/mol. The molecule has 0 saturated heterocycles. The van der Waals surface area contributed by atoms with E-state index in [4.69, 9.17) is 0 Å². The summed E-state index contributed by atoms with van der Waals surface area (Å²) in [7, 11) is 0. The molecule has 0 radical (unpaired) electrons. The maximum atomic E-state index is 4.13. The zero-order valence-corrected chi connectivity index (χ0v) is 9.75. The van der Waals surface area contributed by atoms with Gasteiger partial charge in [-0.2, -0.15) is 5.10 Å². The van der Waals surface area contributed by atoms with Crippen molar-refractivity contribution in [1.29, 1.82) is 0 Å². The highest BCUT2D eigenvalue weighted by molar-refractivity contribution is 5.32. The Labute approximate surface area is 91.5 Å². The standard InChI is InChI=1S/C11H20N4/c1-4-7-12-11-6-5-10(14-15-11)8-13-9(2)3/h5-6,9,13H,4,7-8H2,1-3H3,(H,12,15). The van der Waals surface area contributed by atoms with Crippen LogP contribution in [0.5, 0.6) is 0 Å². The lowest BCUT2D eigenvalue weighted by Gasteiger charge is -2.07. The minimum atomic E-state index is 0.477. The van der Waals surface area contributed by atoms with Crippen LogP contribution < -0.4 is 10.6 Å². The van der Waals surface area contributed by atoms with Gasteiger partial charge in [-0.1, -0.05) is 20.8 Å². The predicted octanol–water partition coefficient (Wildman–Crippen LogP) is 1.80. The van der Waals surface area contributed by atoms with Gasteiger partial charge in [-0.05, 0) is 18.6 Å². The first-order valence-electron chi connectivity index (χ1n) is 5.52. The number of nitrogens with zero attached hydrogens (tertiary/aromatic N) is 2.